The molecule has 2 aromatic heterocycles. The Balaban J connectivity index is 1.40. The Bertz CT molecular complexity index is 1220. The number of hydrogen-bond donors (Lipinski definition) is 1. The van der Waals surface area contributed by atoms with Crippen LogP contribution >= 0.6 is 22.9 Å². The number of fused-ring (bicyclic) bond motifs is 4. The Morgan fingerprint density at radius 3 is 2.74 bits per heavy atom. The Morgan fingerprint density at radius 2 is 1.90 bits per heavy atom. The minimum atomic E-state index is -0.360. The summed E-state index contributed by atoms with van der Waals surface area (Å²) in [4.78, 5) is 32.3. The van der Waals surface area contributed by atoms with Gasteiger partial charge in [-0.2, -0.15) is 0 Å². The third-order valence-electron chi connectivity index (χ3n) is 5.62. The molecule has 0 fully saturated rings. The molecule has 1 aromatic carbocycles. The van der Waals surface area contributed by atoms with E-state index in [1.165, 1.54) is 22.2 Å². The molecule has 0 spiro atoms. The fraction of sp³-hybridized carbons (Fsp3) is 0.409. The number of benzene rings is 1. The number of hydrogen-bond acceptors (Lipinski definition) is 6. The smallest absolute Gasteiger partial charge is 0.262 e. The van der Waals surface area contributed by atoms with Crippen LogP contribution in [0.1, 0.15) is 36.1 Å². The molecular formula is C22H22ClN3O4S. The summed E-state index contributed by atoms with van der Waals surface area (Å²) in [6, 6.07) is 3.29. The molecule has 3 heterocycles. The molecule has 162 valence electrons. The van der Waals surface area contributed by atoms with E-state index in [1.54, 1.807) is 23.5 Å². The zero-order valence-electron chi connectivity index (χ0n) is 16.9. The zero-order chi connectivity index (χ0) is 21.4. The van der Waals surface area contributed by atoms with E-state index in [1.807, 2.05) is 0 Å². The lowest BCUT2D eigenvalue weighted by atomic mass is 10.1. The molecule has 0 bridgehead atoms. The molecule has 31 heavy (non-hydrogen) atoms. The Morgan fingerprint density at radius 1 is 1.13 bits per heavy atom. The molecule has 0 saturated carbocycles. The maximum absolute atomic E-state index is 13.1. The van der Waals surface area contributed by atoms with Crippen LogP contribution in [0.5, 0.6) is 11.5 Å². The Labute approximate surface area is 188 Å². The molecule has 0 radical (unpaired) electrons. The van der Waals surface area contributed by atoms with Gasteiger partial charge in [0.1, 0.15) is 11.4 Å². The summed E-state index contributed by atoms with van der Waals surface area (Å²) in [7, 11) is 0. The van der Waals surface area contributed by atoms with Crippen molar-refractivity contribution in [3.63, 3.8) is 0 Å². The first-order chi connectivity index (χ1) is 15.1. The normalized spacial score (nSPS) is 15.8. The summed E-state index contributed by atoms with van der Waals surface area (Å²) >= 11 is 7.93. The highest BCUT2D eigenvalue weighted by Crippen LogP contribution is 2.37. The third-order valence-corrected chi connectivity index (χ3v) is 7.13. The second kappa shape index (κ2) is 8.51. The lowest BCUT2D eigenvalue weighted by Gasteiger charge is -2.13. The van der Waals surface area contributed by atoms with Crippen molar-refractivity contribution in [2.45, 2.75) is 45.1 Å². The summed E-state index contributed by atoms with van der Waals surface area (Å²) < 4.78 is 12.6. The number of thiophene rings is 1. The van der Waals surface area contributed by atoms with Gasteiger partial charge in [-0.25, -0.2) is 4.98 Å². The minimum absolute atomic E-state index is 0.142. The molecular weight excluding hydrogens is 438 g/mol. The first kappa shape index (κ1) is 20.3. The van der Waals surface area contributed by atoms with E-state index >= 15 is 0 Å². The Kier molecular flexibility index (Phi) is 5.58. The quantitative estimate of drug-likeness (QED) is 0.594. The molecule has 0 unspecified atom stereocenters. The third kappa shape index (κ3) is 4.02. The van der Waals surface area contributed by atoms with Gasteiger partial charge in [0.25, 0.3) is 5.56 Å². The molecule has 2 aliphatic rings. The lowest BCUT2D eigenvalue weighted by Crippen LogP contribution is -2.28. The zero-order valence-corrected chi connectivity index (χ0v) is 18.5. The average molecular weight is 460 g/mol. The van der Waals surface area contributed by atoms with Crippen LogP contribution in [-0.2, 0) is 24.2 Å². The fourth-order valence-electron chi connectivity index (χ4n) is 4.09. The molecule has 3 aromatic rings. The van der Waals surface area contributed by atoms with Crippen LogP contribution in [0.25, 0.3) is 10.2 Å². The first-order valence-electron chi connectivity index (χ1n) is 10.5. The van der Waals surface area contributed by atoms with Gasteiger partial charge in [-0.1, -0.05) is 18.0 Å². The second-order valence-corrected chi connectivity index (χ2v) is 9.29. The van der Waals surface area contributed by atoms with Crippen LogP contribution in [0.3, 0.4) is 0 Å². The van der Waals surface area contributed by atoms with Crippen molar-refractivity contribution < 1.29 is 14.3 Å². The summed E-state index contributed by atoms with van der Waals surface area (Å²) in [6.07, 6.45) is 7.53. The fourth-order valence-corrected chi connectivity index (χ4v) is 5.52. The maximum atomic E-state index is 13.1. The number of nitrogens with one attached hydrogen (secondary N) is 1. The largest absolute Gasteiger partial charge is 0.490 e. The van der Waals surface area contributed by atoms with Crippen LogP contribution in [-0.4, -0.2) is 28.7 Å². The molecule has 1 amide bonds. The molecule has 5 rings (SSSR count). The standard InChI is InChI=1S/C22H22ClN3O4S/c23-14-9-16-17(30-8-4-7-29-16)10-15(14)25-19(27)11-26-12-24-21-20(22(26)28)13-5-2-1-3-6-18(13)31-21/h9-10,12H,1-8,11H2,(H,25,27). The van der Waals surface area contributed by atoms with Crippen molar-refractivity contribution in [2.24, 2.45) is 0 Å². The molecule has 0 atom stereocenters. The predicted molar refractivity (Wildman–Crippen MR) is 121 cm³/mol. The van der Waals surface area contributed by atoms with Crippen molar-refractivity contribution in [3.8, 4) is 11.5 Å². The van der Waals surface area contributed by atoms with Gasteiger partial charge in [0, 0.05) is 23.4 Å². The van der Waals surface area contributed by atoms with Gasteiger partial charge >= 0.3 is 0 Å². The van der Waals surface area contributed by atoms with Crippen LogP contribution in [0.15, 0.2) is 23.3 Å². The first-order valence-corrected chi connectivity index (χ1v) is 11.7. The molecule has 0 saturated heterocycles. The number of carbonyl (C=O) groups excluding carboxylic acids is 1. The van der Waals surface area contributed by atoms with E-state index < -0.39 is 0 Å². The highest BCUT2D eigenvalue weighted by Gasteiger charge is 2.20. The highest BCUT2D eigenvalue weighted by atomic mass is 35.5. The summed E-state index contributed by atoms with van der Waals surface area (Å²) in [5.74, 6) is 0.740. The summed E-state index contributed by atoms with van der Waals surface area (Å²) in [5.41, 5.74) is 1.38. The Hall–Kier alpha value is -2.58. The van der Waals surface area contributed by atoms with Crippen LogP contribution in [0, 0.1) is 0 Å². The molecule has 1 N–H and O–H groups in total. The summed E-state index contributed by atoms with van der Waals surface area (Å²) in [6.45, 7) is 0.949. The van der Waals surface area contributed by atoms with Gasteiger partial charge in [0.15, 0.2) is 11.5 Å². The minimum Gasteiger partial charge on any atom is -0.490 e. The van der Waals surface area contributed by atoms with E-state index in [-0.39, 0.29) is 18.0 Å². The number of rotatable bonds is 3. The number of aryl methyl sites for hydroxylation is 2. The van der Waals surface area contributed by atoms with E-state index in [0.29, 0.717) is 40.8 Å². The monoisotopic (exact) mass is 459 g/mol. The molecule has 1 aliphatic carbocycles. The van der Waals surface area contributed by atoms with Crippen LogP contribution in [0.2, 0.25) is 5.02 Å². The topological polar surface area (TPSA) is 82.5 Å². The van der Waals surface area contributed by atoms with Gasteiger partial charge in [-0.3, -0.25) is 14.2 Å². The van der Waals surface area contributed by atoms with Gasteiger partial charge < -0.3 is 14.8 Å². The van der Waals surface area contributed by atoms with Gasteiger partial charge in [0.2, 0.25) is 5.91 Å². The SMILES string of the molecule is O=C(Cn1cnc2sc3c(c2c1=O)CCCCC3)Nc1cc2c(cc1Cl)OCCCO2. The second-order valence-electron chi connectivity index (χ2n) is 7.80. The van der Waals surface area contributed by atoms with E-state index in [0.717, 1.165) is 42.5 Å². The van der Waals surface area contributed by atoms with E-state index in [9.17, 15) is 9.59 Å². The number of ether oxygens (including phenoxy) is 2. The number of carbonyl (C=O) groups is 1. The molecule has 1 aliphatic heterocycles. The van der Waals surface area contributed by atoms with Crippen LogP contribution in [0.4, 0.5) is 5.69 Å². The van der Waals surface area contributed by atoms with Crippen molar-refractivity contribution >= 4 is 44.7 Å². The molecule has 7 nitrogen and oxygen atoms in total. The lowest BCUT2D eigenvalue weighted by molar-refractivity contribution is -0.116. The van der Waals surface area contributed by atoms with Crippen molar-refractivity contribution in [3.05, 3.63) is 44.3 Å². The number of anilines is 1. The maximum Gasteiger partial charge on any atom is 0.262 e. The van der Waals surface area contributed by atoms with Gasteiger partial charge in [0.05, 0.1) is 35.6 Å². The number of amides is 1. The van der Waals surface area contributed by atoms with E-state index in [2.05, 4.69) is 10.3 Å². The highest BCUT2D eigenvalue weighted by molar-refractivity contribution is 7.18. The predicted octanol–water partition coefficient (Wildman–Crippen LogP) is 4.18. The summed E-state index contributed by atoms with van der Waals surface area (Å²) in [5, 5.41) is 3.80. The average Bonchev–Trinajstić information content (AvgIpc) is 2.90. The molecule has 9 heteroatoms. The van der Waals surface area contributed by atoms with Gasteiger partial charge in [-0.15, -0.1) is 11.3 Å². The number of nitrogens with zero attached hydrogens (tertiary/aromatic N) is 2. The number of halogens is 1. The number of aromatic nitrogens is 2. The van der Waals surface area contributed by atoms with Crippen LogP contribution < -0.4 is 20.3 Å². The van der Waals surface area contributed by atoms with Crippen molar-refractivity contribution in [2.75, 3.05) is 18.5 Å². The van der Waals surface area contributed by atoms with E-state index in [4.69, 9.17) is 21.1 Å². The van der Waals surface area contributed by atoms with Crippen molar-refractivity contribution in [1.29, 1.82) is 0 Å². The van der Waals surface area contributed by atoms with Crippen molar-refractivity contribution in [1.82, 2.24) is 9.55 Å². The van der Waals surface area contributed by atoms with Gasteiger partial charge in [-0.05, 0) is 31.2 Å².